The van der Waals surface area contributed by atoms with Crippen molar-refractivity contribution in [2.24, 2.45) is 5.92 Å². The highest BCUT2D eigenvalue weighted by molar-refractivity contribution is 5.79. The van der Waals surface area contributed by atoms with Crippen LogP contribution in [0.2, 0.25) is 0 Å². The number of rotatable bonds is 5. The summed E-state index contributed by atoms with van der Waals surface area (Å²) in [5, 5.41) is 17.2. The van der Waals surface area contributed by atoms with Gasteiger partial charge in [0.2, 0.25) is 5.91 Å². The highest BCUT2D eigenvalue weighted by Gasteiger charge is 2.38. The van der Waals surface area contributed by atoms with Gasteiger partial charge in [0, 0.05) is 46.4 Å². The van der Waals surface area contributed by atoms with Gasteiger partial charge >= 0.3 is 0 Å². The molecule has 0 radical (unpaired) electrons. The van der Waals surface area contributed by atoms with Crippen molar-refractivity contribution in [3.05, 3.63) is 0 Å². The molecule has 2 heterocycles. The average molecular weight is 369 g/mol. The predicted molar refractivity (Wildman–Crippen MR) is 102 cm³/mol. The maximum absolute atomic E-state index is 12.4. The zero-order chi connectivity index (χ0) is 18.4. The molecule has 3 aliphatic rings. The van der Waals surface area contributed by atoms with E-state index in [4.69, 9.17) is 4.74 Å². The third kappa shape index (κ3) is 4.94. The molecule has 8 nitrogen and oxygen atoms in total. The number of nitrogens with one attached hydrogen (secondary N) is 5. The smallest absolute Gasteiger partial charge is 0.227 e. The topological polar surface area (TPSA) is 89.7 Å². The van der Waals surface area contributed by atoms with E-state index in [0.717, 1.165) is 45.4 Å². The van der Waals surface area contributed by atoms with Crippen molar-refractivity contribution in [1.29, 1.82) is 0 Å². The number of hydrogen-bond acceptors (Lipinski definition) is 7. The van der Waals surface area contributed by atoms with Crippen molar-refractivity contribution in [1.82, 2.24) is 31.5 Å². The van der Waals surface area contributed by atoms with Gasteiger partial charge in [-0.05, 0) is 25.8 Å². The summed E-state index contributed by atoms with van der Waals surface area (Å²) in [4.78, 5) is 14.9. The van der Waals surface area contributed by atoms with Crippen LogP contribution < -0.4 is 26.6 Å². The van der Waals surface area contributed by atoms with Crippen molar-refractivity contribution >= 4 is 5.91 Å². The first-order valence-corrected chi connectivity index (χ1v) is 10.2. The lowest BCUT2D eigenvalue weighted by atomic mass is 9.91. The van der Waals surface area contributed by atoms with Crippen molar-refractivity contribution in [2.45, 2.75) is 56.7 Å². The Bertz CT molecular complexity index is 443. The van der Waals surface area contributed by atoms with Crippen LogP contribution in [0.25, 0.3) is 0 Å². The maximum atomic E-state index is 12.4. The number of hydrogen-bond donors (Lipinski definition) is 5. The summed E-state index contributed by atoms with van der Waals surface area (Å²) in [6.07, 6.45) is 6.04. The largest absolute Gasteiger partial charge is 0.380 e. The van der Waals surface area contributed by atoms with E-state index >= 15 is 0 Å². The Morgan fingerprint density at radius 3 is 2.81 bits per heavy atom. The van der Waals surface area contributed by atoms with Crippen LogP contribution in [0.4, 0.5) is 0 Å². The minimum atomic E-state index is -0.138. The second-order valence-corrected chi connectivity index (χ2v) is 7.65. The van der Waals surface area contributed by atoms with Crippen LogP contribution in [0.5, 0.6) is 0 Å². The molecule has 26 heavy (non-hydrogen) atoms. The molecule has 0 aromatic carbocycles. The summed E-state index contributed by atoms with van der Waals surface area (Å²) in [5.74, 6) is -0.0657. The molecular formula is C18H36N6O2. The summed E-state index contributed by atoms with van der Waals surface area (Å²) in [6, 6.07) is 0.294. The van der Waals surface area contributed by atoms with E-state index in [1.54, 1.807) is 14.2 Å². The lowest BCUT2D eigenvalue weighted by Gasteiger charge is -2.44. The van der Waals surface area contributed by atoms with Gasteiger partial charge in [0.1, 0.15) is 6.29 Å². The lowest BCUT2D eigenvalue weighted by Crippen LogP contribution is -2.72. The molecule has 5 unspecified atom stereocenters. The van der Waals surface area contributed by atoms with E-state index in [1.807, 2.05) is 0 Å². The minimum Gasteiger partial charge on any atom is -0.380 e. The molecule has 5 atom stereocenters. The first-order valence-electron chi connectivity index (χ1n) is 10.2. The van der Waals surface area contributed by atoms with Gasteiger partial charge in [0.25, 0.3) is 0 Å². The van der Waals surface area contributed by atoms with Crippen molar-refractivity contribution in [3.8, 4) is 0 Å². The summed E-state index contributed by atoms with van der Waals surface area (Å²) in [6.45, 7) is 4.81. The van der Waals surface area contributed by atoms with Crippen molar-refractivity contribution in [2.75, 3.05) is 46.9 Å². The molecule has 8 heteroatoms. The predicted octanol–water partition coefficient (Wildman–Crippen LogP) is -1.01. The number of methoxy groups -OCH3 is 1. The third-order valence-corrected chi connectivity index (χ3v) is 5.99. The molecule has 3 rings (SSSR count). The van der Waals surface area contributed by atoms with Gasteiger partial charge in [0.05, 0.1) is 18.2 Å². The standard InChI is InChI=1S/C18H36N6O2/c1-19-17(25)13-12-21-18(24-10-5-8-20-9-11-24)23-16(13)22-14-6-3-4-7-15(14)26-2/h13-16,18,20-23H,3-12H2,1-2H3,(H,19,25). The summed E-state index contributed by atoms with van der Waals surface area (Å²) in [5.41, 5.74) is 0. The number of ether oxygens (including phenoxy) is 1. The quantitative estimate of drug-likeness (QED) is 0.425. The zero-order valence-corrected chi connectivity index (χ0v) is 16.2. The monoisotopic (exact) mass is 368 g/mol. The summed E-state index contributed by atoms with van der Waals surface area (Å²) >= 11 is 0. The fourth-order valence-corrected chi connectivity index (χ4v) is 4.45. The van der Waals surface area contributed by atoms with E-state index in [2.05, 4.69) is 31.5 Å². The normalized spacial score (nSPS) is 37.1. The van der Waals surface area contributed by atoms with Crippen LogP contribution in [-0.4, -0.2) is 82.3 Å². The Morgan fingerprint density at radius 1 is 1.15 bits per heavy atom. The Kier molecular flexibility index (Phi) is 7.65. The maximum Gasteiger partial charge on any atom is 0.227 e. The van der Waals surface area contributed by atoms with Gasteiger partial charge in [0.15, 0.2) is 0 Å². The van der Waals surface area contributed by atoms with Crippen LogP contribution in [0.15, 0.2) is 0 Å². The molecule has 0 aromatic heterocycles. The second-order valence-electron chi connectivity index (χ2n) is 7.65. The number of amides is 1. The Hall–Kier alpha value is -0.770. The van der Waals surface area contributed by atoms with E-state index < -0.39 is 0 Å². The van der Waals surface area contributed by atoms with Crippen LogP contribution in [0.3, 0.4) is 0 Å². The van der Waals surface area contributed by atoms with E-state index in [9.17, 15) is 4.79 Å². The van der Waals surface area contributed by atoms with Crippen LogP contribution in [-0.2, 0) is 9.53 Å². The van der Waals surface area contributed by atoms with Crippen molar-refractivity contribution < 1.29 is 9.53 Å². The van der Waals surface area contributed by atoms with Gasteiger partial charge in [-0.3, -0.25) is 25.6 Å². The minimum absolute atomic E-state index is 0.0573. The highest BCUT2D eigenvalue weighted by Crippen LogP contribution is 2.22. The van der Waals surface area contributed by atoms with E-state index in [-0.39, 0.29) is 30.4 Å². The zero-order valence-electron chi connectivity index (χ0n) is 16.2. The van der Waals surface area contributed by atoms with Crippen LogP contribution in [0, 0.1) is 5.92 Å². The van der Waals surface area contributed by atoms with Crippen molar-refractivity contribution in [3.63, 3.8) is 0 Å². The fourth-order valence-electron chi connectivity index (χ4n) is 4.45. The SMILES string of the molecule is CNC(=O)C1CNC(N2CCCNCC2)NC1NC1CCCCC1OC. The number of nitrogens with zero attached hydrogens (tertiary/aromatic N) is 1. The van der Waals surface area contributed by atoms with Gasteiger partial charge in [-0.25, -0.2) is 0 Å². The first kappa shape index (κ1) is 20.0. The molecule has 5 N–H and O–H groups in total. The Morgan fingerprint density at radius 2 is 2.00 bits per heavy atom. The Labute approximate surface area is 157 Å². The molecule has 2 aliphatic heterocycles. The number of carbonyl (C=O) groups excluding carboxylic acids is 1. The van der Waals surface area contributed by atoms with Gasteiger partial charge in [-0.1, -0.05) is 12.8 Å². The Balaban J connectivity index is 1.67. The fraction of sp³-hybridized carbons (Fsp3) is 0.944. The highest BCUT2D eigenvalue weighted by atomic mass is 16.5. The summed E-state index contributed by atoms with van der Waals surface area (Å²) < 4.78 is 5.70. The van der Waals surface area contributed by atoms with Crippen LogP contribution >= 0.6 is 0 Å². The first-order chi connectivity index (χ1) is 12.7. The second kappa shape index (κ2) is 9.96. The van der Waals surface area contributed by atoms with Gasteiger partial charge in [-0.15, -0.1) is 0 Å². The summed E-state index contributed by atoms with van der Waals surface area (Å²) in [7, 11) is 3.51. The third-order valence-electron chi connectivity index (χ3n) is 5.99. The van der Waals surface area contributed by atoms with E-state index in [1.165, 1.54) is 12.8 Å². The molecule has 0 bridgehead atoms. The average Bonchev–Trinajstić information content (AvgIpc) is 2.97. The van der Waals surface area contributed by atoms with Gasteiger partial charge in [-0.2, -0.15) is 0 Å². The number of carbonyl (C=O) groups is 1. The lowest BCUT2D eigenvalue weighted by molar-refractivity contribution is -0.127. The molecule has 1 aliphatic carbocycles. The van der Waals surface area contributed by atoms with E-state index in [0.29, 0.717) is 12.6 Å². The molecule has 3 fully saturated rings. The molecule has 2 saturated heterocycles. The molecule has 0 spiro atoms. The molecular weight excluding hydrogens is 332 g/mol. The molecule has 1 amide bonds. The van der Waals surface area contributed by atoms with Gasteiger partial charge < -0.3 is 15.4 Å². The molecule has 0 aromatic rings. The molecule has 1 saturated carbocycles. The van der Waals surface area contributed by atoms with Crippen LogP contribution in [0.1, 0.15) is 32.1 Å². The molecule has 150 valence electrons.